The second-order valence-corrected chi connectivity index (χ2v) is 8.13. The van der Waals surface area contributed by atoms with E-state index in [1.165, 1.54) is 10.9 Å². The molecule has 1 aromatic carbocycles. The highest BCUT2D eigenvalue weighted by Gasteiger charge is 2.15. The van der Waals surface area contributed by atoms with E-state index in [4.69, 9.17) is 0 Å². The Labute approximate surface area is 194 Å². The second-order valence-electron chi connectivity index (χ2n) is 8.13. The standard InChI is InChI=1S/C14H14N4.C11H16N4/c1-15-14-6-12-5-10(3-4-11(12)7-16-14)13-8-17-18(2)9-13;1-3-10-8-11(13-12-9-10)15-6-4-14(2)5-7-15/h3-9H,1-2H3,(H,15,16);3,8-9H,1,4-7H2,2H3. The van der Waals surface area contributed by atoms with E-state index in [1.807, 2.05) is 43.4 Å². The summed E-state index contributed by atoms with van der Waals surface area (Å²) in [5, 5.41) is 17.7. The van der Waals surface area contributed by atoms with Crippen LogP contribution in [-0.2, 0) is 7.05 Å². The molecule has 0 amide bonds. The van der Waals surface area contributed by atoms with Crippen LogP contribution in [-0.4, -0.2) is 70.1 Å². The van der Waals surface area contributed by atoms with Crippen LogP contribution in [0.2, 0.25) is 0 Å². The van der Waals surface area contributed by atoms with E-state index < -0.39 is 0 Å². The van der Waals surface area contributed by atoms with Crippen molar-refractivity contribution < 1.29 is 0 Å². The third kappa shape index (κ3) is 5.53. The van der Waals surface area contributed by atoms with Crippen molar-refractivity contribution in [2.24, 2.45) is 7.05 Å². The minimum atomic E-state index is 0.880. The topological polar surface area (TPSA) is 75.0 Å². The van der Waals surface area contributed by atoms with Crippen LogP contribution >= 0.6 is 0 Å². The molecule has 0 atom stereocenters. The fraction of sp³-hybridized carbons (Fsp3) is 0.280. The molecule has 4 heterocycles. The normalized spacial score (nSPS) is 14.0. The Balaban J connectivity index is 0.000000160. The van der Waals surface area contributed by atoms with Crippen LogP contribution in [0.5, 0.6) is 0 Å². The van der Waals surface area contributed by atoms with E-state index in [1.54, 1.807) is 12.3 Å². The number of likely N-dealkylation sites (N-methyl/N-ethyl adjacent to an activating group) is 1. The zero-order valence-electron chi connectivity index (χ0n) is 19.4. The first-order valence-electron chi connectivity index (χ1n) is 11.0. The summed E-state index contributed by atoms with van der Waals surface area (Å²) in [6, 6.07) is 10.4. The monoisotopic (exact) mass is 442 g/mol. The molecule has 170 valence electrons. The van der Waals surface area contributed by atoms with Crippen molar-refractivity contribution in [1.29, 1.82) is 0 Å². The summed E-state index contributed by atoms with van der Waals surface area (Å²) in [5.74, 6) is 1.84. The third-order valence-electron chi connectivity index (χ3n) is 5.74. The number of hydrogen-bond acceptors (Lipinski definition) is 7. The SMILES string of the molecule is C=Cc1cnnc(N2CCN(C)CC2)c1.CNc1cc2cc(-c3cnn(C)c3)ccc2cn1. The van der Waals surface area contributed by atoms with Crippen LogP contribution in [0, 0.1) is 0 Å². The molecule has 5 rings (SSSR count). The van der Waals surface area contributed by atoms with Crippen molar-refractivity contribution in [3.63, 3.8) is 0 Å². The molecule has 0 aliphatic carbocycles. The summed E-state index contributed by atoms with van der Waals surface area (Å²) in [6.07, 6.45) is 9.30. The number of aryl methyl sites for hydroxylation is 1. The van der Waals surface area contributed by atoms with Crippen molar-refractivity contribution in [2.75, 3.05) is 50.5 Å². The van der Waals surface area contributed by atoms with Crippen molar-refractivity contribution in [3.05, 3.63) is 67.3 Å². The average Bonchev–Trinajstić information content (AvgIpc) is 3.30. The molecule has 0 spiro atoms. The van der Waals surface area contributed by atoms with Gasteiger partial charge in [0.05, 0.1) is 12.4 Å². The highest BCUT2D eigenvalue weighted by Crippen LogP contribution is 2.25. The number of hydrogen-bond donors (Lipinski definition) is 1. The molecule has 0 radical (unpaired) electrons. The van der Waals surface area contributed by atoms with Crippen LogP contribution in [0.15, 0.2) is 61.7 Å². The molecule has 8 heteroatoms. The van der Waals surface area contributed by atoms with E-state index in [-0.39, 0.29) is 0 Å². The molecule has 1 fully saturated rings. The lowest BCUT2D eigenvalue weighted by Crippen LogP contribution is -2.44. The number of aromatic nitrogens is 5. The van der Waals surface area contributed by atoms with Gasteiger partial charge in [-0.25, -0.2) is 4.98 Å². The number of pyridine rings is 1. The fourth-order valence-corrected chi connectivity index (χ4v) is 3.70. The number of nitrogens with zero attached hydrogens (tertiary/aromatic N) is 7. The van der Waals surface area contributed by atoms with Crippen molar-refractivity contribution in [3.8, 4) is 11.1 Å². The highest BCUT2D eigenvalue weighted by molar-refractivity contribution is 5.88. The van der Waals surface area contributed by atoms with E-state index in [0.29, 0.717) is 0 Å². The largest absolute Gasteiger partial charge is 0.373 e. The molecule has 1 saturated heterocycles. The zero-order valence-corrected chi connectivity index (χ0v) is 19.4. The van der Waals surface area contributed by atoms with E-state index >= 15 is 0 Å². The smallest absolute Gasteiger partial charge is 0.151 e. The van der Waals surface area contributed by atoms with Gasteiger partial charge in [0.25, 0.3) is 0 Å². The molecule has 8 nitrogen and oxygen atoms in total. The first-order chi connectivity index (χ1) is 16.1. The lowest BCUT2D eigenvalue weighted by atomic mass is 10.1. The molecular formula is C25H30N8. The van der Waals surface area contributed by atoms with Gasteiger partial charge in [-0.2, -0.15) is 10.2 Å². The number of benzene rings is 1. The molecule has 1 N–H and O–H groups in total. The molecular weight excluding hydrogens is 412 g/mol. The van der Waals surface area contributed by atoms with Gasteiger partial charge in [0.2, 0.25) is 0 Å². The van der Waals surface area contributed by atoms with Gasteiger partial charge in [0, 0.05) is 63.6 Å². The van der Waals surface area contributed by atoms with Gasteiger partial charge in [0.1, 0.15) is 5.82 Å². The summed E-state index contributed by atoms with van der Waals surface area (Å²) >= 11 is 0. The molecule has 0 bridgehead atoms. The summed E-state index contributed by atoms with van der Waals surface area (Å²) < 4.78 is 1.81. The lowest BCUT2D eigenvalue weighted by Gasteiger charge is -2.32. The Morgan fingerprint density at radius 3 is 2.45 bits per heavy atom. The van der Waals surface area contributed by atoms with Gasteiger partial charge in [-0.3, -0.25) is 4.68 Å². The quantitative estimate of drug-likeness (QED) is 0.518. The Hall–Kier alpha value is -3.78. The highest BCUT2D eigenvalue weighted by atomic mass is 15.3. The minimum absolute atomic E-state index is 0.880. The number of piperazine rings is 1. The fourth-order valence-electron chi connectivity index (χ4n) is 3.70. The van der Waals surface area contributed by atoms with Gasteiger partial charge in [-0.15, -0.1) is 5.10 Å². The number of fused-ring (bicyclic) bond motifs is 1. The summed E-state index contributed by atoms with van der Waals surface area (Å²) in [7, 11) is 5.94. The third-order valence-corrected chi connectivity index (χ3v) is 5.74. The maximum absolute atomic E-state index is 4.30. The summed E-state index contributed by atoms with van der Waals surface area (Å²) in [5.41, 5.74) is 3.32. The Morgan fingerprint density at radius 1 is 0.939 bits per heavy atom. The van der Waals surface area contributed by atoms with Crippen molar-refractivity contribution in [1.82, 2.24) is 29.9 Å². The molecule has 4 aromatic rings. The Bertz CT molecular complexity index is 1220. The van der Waals surface area contributed by atoms with Gasteiger partial charge < -0.3 is 15.1 Å². The van der Waals surface area contributed by atoms with E-state index in [0.717, 1.165) is 54.3 Å². The molecule has 1 aliphatic heterocycles. The van der Waals surface area contributed by atoms with E-state index in [9.17, 15) is 0 Å². The predicted octanol–water partition coefficient (Wildman–Crippen LogP) is 3.55. The molecule has 1 aliphatic rings. The van der Waals surface area contributed by atoms with Gasteiger partial charge >= 0.3 is 0 Å². The molecule has 33 heavy (non-hydrogen) atoms. The van der Waals surface area contributed by atoms with Crippen molar-refractivity contribution >= 4 is 28.5 Å². The van der Waals surface area contributed by atoms with Crippen molar-refractivity contribution in [2.45, 2.75) is 0 Å². The first-order valence-corrected chi connectivity index (χ1v) is 11.0. The second kappa shape index (κ2) is 10.2. The minimum Gasteiger partial charge on any atom is -0.373 e. The average molecular weight is 443 g/mol. The van der Waals surface area contributed by atoms with Crippen LogP contribution < -0.4 is 10.2 Å². The number of rotatable bonds is 4. The predicted molar refractivity (Wildman–Crippen MR) is 135 cm³/mol. The van der Waals surface area contributed by atoms with Gasteiger partial charge in [-0.05, 0) is 41.8 Å². The maximum Gasteiger partial charge on any atom is 0.151 e. The maximum atomic E-state index is 4.30. The summed E-state index contributed by atoms with van der Waals surface area (Å²) in [6.45, 7) is 7.94. The molecule has 0 unspecified atom stereocenters. The summed E-state index contributed by atoms with van der Waals surface area (Å²) in [4.78, 5) is 8.89. The first kappa shape index (κ1) is 22.4. The zero-order chi connectivity index (χ0) is 23.2. The van der Waals surface area contributed by atoms with E-state index in [2.05, 4.69) is 73.3 Å². The van der Waals surface area contributed by atoms with Crippen LogP contribution in [0.1, 0.15) is 5.56 Å². The molecule has 3 aromatic heterocycles. The molecule has 0 saturated carbocycles. The number of nitrogens with one attached hydrogen (secondary N) is 1. The lowest BCUT2D eigenvalue weighted by molar-refractivity contribution is 0.312. The van der Waals surface area contributed by atoms with Crippen LogP contribution in [0.25, 0.3) is 28.0 Å². The Morgan fingerprint density at radius 2 is 1.76 bits per heavy atom. The van der Waals surface area contributed by atoms with Crippen LogP contribution in [0.4, 0.5) is 11.6 Å². The Kier molecular flexibility index (Phi) is 6.95. The number of anilines is 2. The van der Waals surface area contributed by atoms with Gasteiger partial charge in [-0.1, -0.05) is 24.8 Å². The van der Waals surface area contributed by atoms with Gasteiger partial charge in [0.15, 0.2) is 5.82 Å². The van der Waals surface area contributed by atoms with Crippen LogP contribution in [0.3, 0.4) is 0 Å².